The average Bonchev–Trinajstić information content (AvgIpc) is 3.88. The Morgan fingerprint density at radius 3 is 1.71 bits per heavy atom. The first kappa shape index (κ1) is 55.7. The van der Waals surface area contributed by atoms with Gasteiger partial charge in [0.2, 0.25) is 0 Å². The first-order valence-corrected chi connectivity index (χ1v) is 21.1. The molecule has 1 N–H and O–H groups in total. The van der Waals surface area contributed by atoms with Crippen LogP contribution in [0.25, 0.3) is 0 Å². The Kier molecular flexibility index (Phi) is 22.2. The molecule has 4 fully saturated rings. The largest absolute Gasteiger partial charge is 2.00 e. The van der Waals surface area contributed by atoms with E-state index in [4.69, 9.17) is 28.4 Å². The fourth-order valence-corrected chi connectivity index (χ4v) is 7.98. The minimum absolute atomic E-state index is 0. The molecule has 0 aliphatic carbocycles. The molecule has 12 nitrogen and oxygen atoms in total. The Bertz CT molecular complexity index is 1740. The van der Waals surface area contributed by atoms with Crippen molar-refractivity contribution >= 4 is 41.0 Å². The van der Waals surface area contributed by atoms with Crippen LogP contribution < -0.4 is 17.0 Å². The number of likely N-dealkylation sites (tertiary alicyclic amines) is 2. The van der Waals surface area contributed by atoms with Crippen molar-refractivity contribution in [2.45, 2.75) is 167 Å². The molecule has 4 aliphatic rings. The van der Waals surface area contributed by atoms with E-state index in [1.807, 2.05) is 20.8 Å². The SMILES string of the molecule is CC(C)(C)OC(=O)N1CCC[C@@H]1C(=O)c1ccc(F)cc1COC1CCCCO1.CC(C)(C)OC(=O)N1CCC[C@@H]1C(C)(O)c1ccc(F)cc1COC1CCCCO1.[Br-].[CH3-].[Mg+2]. The number of ketones is 1. The van der Waals surface area contributed by atoms with Gasteiger partial charge in [0.1, 0.15) is 28.4 Å². The zero-order chi connectivity index (χ0) is 43.0. The second-order valence-electron chi connectivity index (χ2n) is 18.0. The molecule has 3 unspecified atom stereocenters. The van der Waals surface area contributed by atoms with Gasteiger partial charge in [0.15, 0.2) is 18.4 Å². The predicted octanol–water partition coefficient (Wildman–Crippen LogP) is 6.00. The van der Waals surface area contributed by atoms with Gasteiger partial charge in [-0.15, -0.1) is 0 Å². The Balaban J connectivity index is 0.000000407. The molecule has 2 amide bonds. The van der Waals surface area contributed by atoms with Gasteiger partial charge in [-0.25, -0.2) is 18.4 Å². The fraction of sp³-hybridized carbons (Fsp3) is 0.652. The Morgan fingerprint density at radius 1 is 0.694 bits per heavy atom. The molecule has 2 aromatic carbocycles. The number of ether oxygens (including phenoxy) is 6. The van der Waals surface area contributed by atoms with Gasteiger partial charge in [-0.05, 0) is 160 Å². The van der Waals surface area contributed by atoms with Gasteiger partial charge in [0.25, 0.3) is 0 Å². The third kappa shape index (κ3) is 15.9. The van der Waals surface area contributed by atoms with E-state index in [0.717, 1.165) is 51.4 Å². The number of carbonyl (C=O) groups is 3. The molecule has 0 saturated carbocycles. The van der Waals surface area contributed by atoms with E-state index in [0.29, 0.717) is 61.4 Å². The van der Waals surface area contributed by atoms with Gasteiger partial charge in [0, 0.05) is 31.9 Å². The van der Waals surface area contributed by atoms with E-state index in [9.17, 15) is 28.3 Å². The Morgan fingerprint density at radius 2 is 1.18 bits per heavy atom. The molecule has 344 valence electrons. The van der Waals surface area contributed by atoms with Crippen LogP contribution in [0.4, 0.5) is 18.4 Å². The van der Waals surface area contributed by atoms with Crippen molar-refractivity contribution < 1.29 is 73.7 Å². The molecule has 4 aliphatic heterocycles. The average molecular weight is 950 g/mol. The van der Waals surface area contributed by atoms with Crippen LogP contribution in [0.5, 0.6) is 0 Å². The zero-order valence-electron chi connectivity index (χ0n) is 37.9. The van der Waals surface area contributed by atoms with Crippen LogP contribution in [0.15, 0.2) is 36.4 Å². The summed E-state index contributed by atoms with van der Waals surface area (Å²) in [6.45, 7) is 15.0. The summed E-state index contributed by atoms with van der Waals surface area (Å²) < 4.78 is 61.6. The number of hydrogen-bond donors (Lipinski definition) is 1. The van der Waals surface area contributed by atoms with Crippen LogP contribution in [-0.2, 0) is 47.2 Å². The van der Waals surface area contributed by atoms with Crippen LogP contribution in [-0.4, -0.2) is 118 Å². The van der Waals surface area contributed by atoms with E-state index < -0.39 is 52.7 Å². The van der Waals surface area contributed by atoms with Crippen molar-refractivity contribution in [1.29, 1.82) is 0 Å². The van der Waals surface area contributed by atoms with E-state index in [1.54, 1.807) is 38.7 Å². The maximum absolute atomic E-state index is 14.0. The summed E-state index contributed by atoms with van der Waals surface area (Å²) in [7, 11) is 0. The van der Waals surface area contributed by atoms with Crippen molar-refractivity contribution in [3.8, 4) is 0 Å². The standard InChI is InChI=1S/C23H34FNO5.C22H30FNO5.CH3.BrH.Mg/c1-22(2,3)30-21(26)25-12-7-8-19(25)23(4,27)18-11-10-17(24)14-16(18)15-29-20-9-5-6-13-28-20;1-22(2,3)29-21(26)24-11-6-7-18(24)20(25)17-10-9-16(23)13-15(17)14-28-19-8-4-5-12-27-19;;;/h10-11,14,19-20,27H,5-9,12-13,15H2,1-4H3;9-10,13,18-19H,4-8,11-12,14H2,1-3H3;1H3;1H;/q;;-1;;+2/p-1/t19-,20?,23?;18-,19?;;;/m11.../s1. The molecule has 0 spiro atoms. The number of halogens is 3. The van der Waals surface area contributed by atoms with Gasteiger partial charge in [-0.1, -0.05) is 6.07 Å². The second-order valence-corrected chi connectivity index (χ2v) is 18.0. The van der Waals surface area contributed by atoms with E-state index in [1.165, 1.54) is 35.2 Å². The number of carbonyl (C=O) groups excluding carboxylic acids is 3. The third-order valence-corrected chi connectivity index (χ3v) is 10.8. The number of Topliss-reactive ketones (excluding diaryl/α,β-unsaturated/α-hetero) is 1. The first-order chi connectivity index (χ1) is 27.8. The number of benzene rings is 2. The number of nitrogens with zero attached hydrogens (tertiary/aromatic N) is 2. The number of amides is 2. The second kappa shape index (κ2) is 24.7. The van der Waals surface area contributed by atoms with Crippen LogP contribution in [0.1, 0.15) is 140 Å². The Labute approximate surface area is 393 Å². The quantitative estimate of drug-likeness (QED) is 0.172. The van der Waals surface area contributed by atoms with Gasteiger partial charge in [-0.3, -0.25) is 9.69 Å². The van der Waals surface area contributed by atoms with Crippen molar-refractivity contribution in [1.82, 2.24) is 9.80 Å². The molecular formula is C46H67BrF2MgN2O10. The summed E-state index contributed by atoms with van der Waals surface area (Å²) in [5.41, 5.74) is -0.673. The zero-order valence-corrected chi connectivity index (χ0v) is 40.9. The molecule has 2 aromatic rings. The van der Waals surface area contributed by atoms with Gasteiger partial charge < -0.3 is 62.8 Å². The first-order valence-electron chi connectivity index (χ1n) is 21.1. The molecule has 5 atom stereocenters. The number of hydrogen-bond acceptors (Lipinski definition) is 10. The molecule has 0 radical (unpaired) electrons. The van der Waals surface area contributed by atoms with Gasteiger partial charge >= 0.3 is 35.2 Å². The van der Waals surface area contributed by atoms with Gasteiger partial charge in [0.05, 0.1) is 25.3 Å². The van der Waals surface area contributed by atoms with Crippen molar-refractivity contribution in [2.75, 3.05) is 26.3 Å². The molecule has 4 heterocycles. The maximum atomic E-state index is 14.0. The summed E-state index contributed by atoms with van der Waals surface area (Å²) in [4.78, 5) is 41.6. The van der Waals surface area contributed by atoms with Gasteiger partial charge in [-0.2, -0.15) is 0 Å². The van der Waals surface area contributed by atoms with Crippen LogP contribution in [0.3, 0.4) is 0 Å². The number of rotatable bonds is 10. The summed E-state index contributed by atoms with van der Waals surface area (Å²) in [5, 5.41) is 11.6. The van der Waals surface area contributed by atoms with Crippen molar-refractivity contribution in [2.24, 2.45) is 0 Å². The Hall–Kier alpha value is -2.44. The fourth-order valence-electron chi connectivity index (χ4n) is 7.98. The molecule has 0 bridgehead atoms. The molecule has 6 rings (SSSR count). The molecular weight excluding hydrogens is 883 g/mol. The maximum Gasteiger partial charge on any atom is 2.00 e. The molecule has 16 heteroatoms. The van der Waals surface area contributed by atoms with E-state index >= 15 is 0 Å². The van der Waals surface area contributed by atoms with Crippen LogP contribution in [0.2, 0.25) is 0 Å². The van der Waals surface area contributed by atoms with Crippen LogP contribution in [0, 0.1) is 19.1 Å². The minimum atomic E-state index is -1.38. The molecule has 62 heavy (non-hydrogen) atoms. The minimum Gasteiger partial charge on any atom is -1.00 e. The summed E-state index contributed by atoms with van der Waals surface area (Å²) in [5.74, 6) is -1.04. The third-order valence-electron chi connectivity index (χ3n) is 10.8. The molecule has 0 aromatic heterocycles. The van der Waals surface area contributed by atoms with E-state index in [2.05, 4.69) is 0 Å². The smallest absolute Gasteiger partial charge is 1.00 e. The topological polar surface area (TPSA) is 133 Å². The summed E-state index contributed by atoms with van der Waals surface area (Å²) in [6, 6.07) is 7.29. The summed E-state index contributed by atoms with van der Waals surface area (Å²) >= 11 is 0. The molecule has 4 saturated heterocycles. The van der Waals surface area contributed by atoms with Crippen molar-refractivity contribution in [3.05, 3.63) is 77.7 Å². The summed E-state index contributed by atoms with van der Waals surface area (Å²) in [6.07, 6.45) is 6.75. The van der Waals surface area contributed by atoms with E-state index in [-0.39, 0.29) is 79.0 Å². The van der Waals surface area contributed by atoms with Crippen molar-refractivity contribution in [3.63, 3.8) is 0 Å². The number of aliphatic hydroxyl groups is 1. The normalized spacial score (nSPS) is 22.4. The van der Waals surface area contributed by atoms with Crippen LogP contribution >= 0.6 is 0 Å². The monoisotopic (exact) mass is 948 g/mol. The predicted molar refractivity (Wildman–Crippen MR) is 228 cm³/mol.